The zero-order valence-electron chi connectivity index (χ0n) is 12.3. The second kappa shape index (κ2) is 6.66. The van der Waals surface area contributed by atoms with Crippen molar-refractivity contribution in [3.8, 4) is 0 Å². The number of rotatable bonds is 5. The topological polar surface area (TPSA) is 49.5 Å². The average Bonchev–Trinajstić information content (AvgIpc) is 2.78. The van der Waals surface area contributed by atoms with Gasteiger partial charge >= 0.3 is 0 Å². The van der Waals surface area contributed by atoms with E-state index in [1.165, 1.54) is 6.07 Å². The fourth-order valence-corrected chi connectivity index (χ4v) is 3.15. The lowest BCUT2D eigenvalue weighted by molar-refractivity contribution is 0.122. The molecular weight excluding hydrogens is 255 g/mol. The Hall–Kier alpha value is -0.970. The highest BCUT2D eigenvalue weighted by Gasteiger charge is 2.32. The molecule has 1 fully saturated rings. The number of nitrogens with zero attached hydrogens (tertiary/aromatic N) is 1. The number of hydrogen-bond acceptors (Lipinski definition) is 3. The average molecular weight is 280 g/mol. The van der Waals surface area contributed by atoms with E-state index in [1.54, 1.807) is 12.1 Å². The highest BCUT2D eigenvalue weighted by atomic mass is 19.1. The van der Waals surface area contributed by atoms with Crippen molar-refractivity contribution in [1.82, 2.24) is 4.90 Å². The summed E-state index contributed by atoms with van der Waals surface area (Å²) >= 11 is 0. The molecule has 4 atom stereocenters. The number of aliphatic hydroxyl groups excluding tert-OH is 1. The molecular formula is C16H25FN2O. The standard InChI is InChI=1S/C16H25FN2O/c1-11-7-8-19(15(11)10-20)9-12(2)16(18)13-5-3-4-6-14(13)17/h3-6,11-12,15-16,20H,7-10,18H2,1-2H3. The second-order valence-electron chi connectivity index (χ2n) is 6.04. The summed E-state index contributed by atoms with van der Waals surface area (Å²) in [6.45, 7) is 6.19. The third-order valence-electron chi connectivity index (χ3n) is 4.58. The van der Waals surface area contributed by atoms with Gasteiger partial charge in [-0.15, -0.1) is 0 Å². The van der Waals surface area contributed by atoms with Crippen LogP contribution in [0.5, 0.6) is 0 Å². The summed E-state index contributed by atoms with van der Waals surface area (Å²) in [5.74, 6) is 0.420. The van der Waals surface area contributed by atoms with E-state index in [1.807, 2.05) is 6.07 Å². The highest BCUT2D eigenvalue weighted by Crippen LogP contribution is 2.28. The first-order chi connectivity index (χ1) is 9.54. The van der Waals surface area contributed by atoms with E-state index < -0.39 is 0 Å². The molecule has 0 bridgehead atoms. The third-order valence-corrected chi connectivity index (χ3v) is 4.58. The molecule has 3 nitrogen and oxygen atoms in total. The Labute approximate surface area is 120 Å². The van der Waals surface area contributed by atoms with Crippen LogP contribution in [0, 0.1) is 17.7 Å². The maximum absolute atomic E-state index is 13.8. The minimum absolute atomic E-state index is 0.145. The lowest BCUT2D eigenvalue weighted by Crippen LogP contribution is -2.40. The summed E-state index contributed by atoms with van der Waals surface area (Å²) in [5.41, 5.74) is 6.79. The van der Waals surface area contributed by atoms with Crippen LogP contribution in [0.1, 0.15) is 31.9 Å². The molecule has 0 aromatic heterocycles. The van der Waals surface area contributed by atoms with Gasteiger partial charge in [-0.25, -0.2) is 4.39 Å². The van der Waals surface area contributed by atoms with E-state index in [0.29, 0.717) is 11.5 Å². The van der Waals surface area contributed by atoms with Gasteiger partial charge in [-0.2, -0.15) is 0 Å². The maximum atomic E-state index is 13.8. The molecule has 3 N–H and O–H groups in total. The van der Waals surface area contributed by atoms with Crippen molar-refractivity contribution >= 4 is 0 Å². The van der Waals surface area contributed by atoms with Gasteiger partial charge in [0.15, 0.2) is 0 Å². The van der Waals surface area contributed by atoms with Crippen molar-refractivity contribution in [1.29, 1.82) is 0 Å². The number of benzene rings is 1. The molecule has 2 rings (SSSR count). The Morgan fingerprint density at radius 2 is 2.15 bits per heavy atom. The van der Waals surface area contributed by atoms with Crippen LogP contribution in [-0.2, 0) is 0 Å². The molecule has 0 radical (unpaired) electrons. The molecule has 0 saturated carbocycles. The van der Waals surface area contributed by atoms with Crippen molar-refractivity contribution in [3.05, 3.63) is 35.6 Å². The number of likely N-dealkylation sites (tertiary alicyclic amines) is 1. The fourth-order valence-electron chi connectivity index (χ4n) is 3.15. The van der Waals surface area contributed by atoms with Crippen LogP contribution >= 0.6 is 0 Å². The molecule has 1 saturated heterocycles. The fraction of sp³-hybridized carbons (Fsp3) is 0.625. The first kappa shape index (κ1) is 15.4. The lowest BCUT2D eigenvalue weighted by Gasteiger charge is -2.30. The van der Waals surface area contributed by atoms with Crippen molar-refractivity contribution in [3.63, 3.8) is 0 Å². The highest BCUT2D eigenvalue weighted by molar-refractivity contribution is 5.21. The van der Waals surface area contributed by atoms with Gasteiger partial charge in [0.1, 0.15) is 5.82 Å². The van der Waals surface area contributed by atoms with Crippen LogP contribution in [0.3, 0.4) is 0 Å². The molecule has 1 aromatic rings. The van der Waals surface area contributed by atoms with Gasteiger partial charge in [0.05, 0.1) is 6.61 Å². The van der Waals surface area contributed by atoms with Gasteiger partial charge < -0.3 is 10.8 Å². The van der Waals surface area contributed by atoms with E-state index >= 15 is 0 Å². The van der Waals surface area contributed by atoms with Crippen molar-refractivity contribution < 1.29 is 9.50 Å². The molecule has 1 aliphatic rings. The van der Waals surface area contributed by atoms with E-state index in [0.717, 1.165) is 19.5 Å². The molecule has 0 aliphatic carbocycles. The van der Waals surface area contributed by atoms with Crippen molar-refractivity contribution in [2.75, 3.05) is 19.7 Å². The van der Waals surface area contributed by atoms with E-state index in [2.05, 4.69) is 18.7 Å². The molecule has 1 aromatic carbocycles. The van der Waals surface area contributed by atoms with Gasteiger partial charge in [-0.1, -0.05) is 32.0 Å². The first-order valence-electron chi connectivity index (χ1n) is 7.39. The molecule has 0 spiro atoms. The molecule has 0 amide bonds. The first-order valence-corrected chi connectivity index (χ1v) is 7.39. The molecule has 1 heterocycles. The molecule has 112 valence electrons. The van der Waals surface area contributed by atoms with Gasteiger partial charge in [0.2, 0.25) is 0 Å². The third kappa shape index (κ3) is 3.19. The summed E-state index contributed by atoms with van der Waals surface area (Å²) in [4.78, 5) is 2.29. The van der Waals surface area contributed by atoms with Gasteiger partial charge in [0.25, 0.3) is 0 Å². The molecule has 4 heteroatoms. The minimum atomic E-state index is -0.313. The van der Waals surface area contributed by atoms with Gasteiger partial charge in [-0.05, 0) is 30.9 Å². The second-order valence-corrected chi connectivity index (χ2v) is 6.04. The van der Waals surface area contributed by atoms with Crippen molar-refractivity contribution in [2.24, 2.45) is 17.6 Å². The van der Waals surface area contributed by atoms with Crippen LogP contribution in [0.4, 0.5) is 4.39 Å². The van der Waals surface area contributed by atoms with E-state index in [9.17, 15) is 9.50 Å². The van der Waals surface area contributed by atoms with E-state index in [-0.39, 0.29) is 30.4 Å². The normalized spacial score (nSPS) is 26.6. The summed E-state index contributed by atoms with van der Waals surface area (Å²) in [5, 5.41) is 9.49. The maximum Gasteiger partial charge on any atom is 0.127 e. The zero-order valence-corrected chi connectivity index (χ0v) is 12.3. The Morgan fingerprint density at radius 3 is 2.80 bits per heavy atom. The Balaban J connectivity index is 2.01. The number of aliphatic hydroxyl groups is 1. The van der Waals surface area contributed by atoms with Crippen molar-refractivity contribution in [2.45, 2.75) is 32.4 Å². The number of nitrogens with two attached hydrogens (primary N) is 1. The molecule has 20 heavy (non-hydrogen) atoms. The summed E-state index contributed by atoms with van der Waals surface area (Å²) < 4.78 is 13.8. The van der Waals surface area contributed by atoms with Crippen LogP contribution < -0.4 is 5.73 Å². The minimum Gasteiger partial charge on any atom is -0.395 e. The predicted molar refractivity (Wildman–Crippen MR) is 78.7 cm³/mol. The summed E-state index contributed by atoms with van der Waals surface area (Å²) in [6.07, 6.45) is 1.10. The molecule has 1 aliphatic heterocycles. The van der Waals surface area contributed by atoms with Crippen LogP contribution in [0.25, 0.3) is 0 Å². The smallest absolute Gasteiger partial charge is 0.127 e. The van der Waals surface area contributed by atoms with Crippen LogP contribution in [0.15, 0.2) is 24.3 Å². The zero-order chi connectivity index (χ0) is 14.7. The Bertz CT molecular complexity index is 440. The SMILES string of the molecule is CC(CN1CCC(C)C1CO)C(N)c1ccccc1F. The van der Waals surface area contributed by atoms with Gasteiger partial charge in [0, 0.05) is 24.2 Å². The number of hydrogen-bond donors (Lipinski definition) is 2. The summed E-state index contributed by atoms with van der Waals surface area (Å²) in [6, 6.07) is 6.61. The lowest BCUT2D eigenvalue weighted by atomic mass is 9.94. The molecule has 4 unspecified atom stereocenters. The monoisotopic (exact) mass is 280 g/mol. The quantitative estimate of drug-likeness (QED) is 0.869. The summed E-state index contributed by atoms with van der Waals surface area (Å²) in [7, 11) is 0. The van der Waals surface area contributed by atoms with E-state index in [4.69, 9.17) is 5.73 Å². The largest absolute Gasteiger partial charge is 0.395 e. The van der Waals surface area contributed by atoms with Crippen LogP contribution in [-0.4, -0.2) is 35.7 Å². The van der Waals surface area contributed by atoms with Gasteiger partial charge in [-0.3, -0.25) is 4.90 Å². The predicted octanol–water partition coefficient (Wildman–Crippen LogP) is 2.16. The number of halogens is 1. The van der Waals surface area contributed by atoms with Crippen LogP contribution in [0.2, 0.25) is 0 Å². The Morgan fingerprint density at radius 1 is 1.45 bits per heavy atom. The Kier molecular flexibility index (Phi) is 5.13.